The van der Waals surface area contributed by atoms with Gasteiger partial charge in [0.25, 0.3) is 0 Å². The van der Waals surface area contributed by atoms with Crippen molar-refractivity contribution in [2.24, 2.45) is 0 Å². The van der Waals surface area contributed by atoms with Crippen LogP contribution < -0.4 is 15.4 Å². The lowest BCUT2D eigenvalue weighted by atomic mass is 9.96. The number of hydrogen-bond donors (Lipinski definition) is 2. The molecule has 0 aliphatic carbocycles. The molecule has 1 aromatic carbocycles. The number of benzene rings is 1. The number of amides is 2. The molecule has 0 radical (unpaired) electrons. The minimum absolute atomic E-state index is 0.120. The topological polar surface area (TPSA) is 76.7 Å². The van der Waals surface area contributed by atoms with Crippen molar-refractivity contribution < 1.29 is 19.1 Å². The maximum absolute atomic E-state index is 11.8. The molecule has 0 saturated carbocycles. The van der Waals surface area contributed by atoms with E-state index in [1.165, 1.54) is 0 Å². The Balaban J connectivity index is 1.93. The number of carbonyl (C=O) groups is 2. The summed E-state index contributed by atoms with van der Waals surface area (Å²) in [5, 5.41) is 5.34. The van der Waals surface area contributed by atoms with E-state index in [9.17, 15) is 9.59 Å². The highest BCUT2D eigenvalue weighted by Gasteiger charge is 2.37. The molecule has 0 aromatic heterocycles. The van der Waals surface area contributed by atoms with Gasteiger partial charge >= 0.3 is 12.0 Å². The molecule has 1 aromatic rings. The zero-order valence-electron chi connectivity index (χ0n) is 10.9. The van der Waals surface area contributed by atoms with Crippen molar-refractivity contribution in [3.8, 4) is 5.75 Å². The summed E-state index contributed by atoms with van der Waals surface area (Å²) in [6.45, 7) is 2.62. The number of esters is 1. The van der Waals surface area contributed by atoms with Crippen LogP contribution in [-0.2, 0) is 9.53 Å². The third-order valence-corrected chi connectivity index (χ3v) is 3.25. The third kappa shape index (κ3) is 2.09. The van der Waals surface area contributed by atoms with Crippen molar-refractivity contribution in [3.63, 3.8) is 0 Å². The van der Waals surface area contributed by atoms with Gasteiger partial charge in [-0.15, -0.1) is 0 Å². The van der Waals surface area contributed by atoms with Crippen molar-refractivity contribution in [1.29, 1.82) is 0 Å². The van der Waals surface area contributed by atoms with E-state index in [0.29, 0.717) is 17.9 Å². The first-order chi connectivity index (χ1) is 9.69. The van der Waals surface area contributed by atoms with Crippen LogP contribution in [0, 0.1) is 0 Å². The molecule has 2 aliphatic rings. The largest absolute Gasteiger partial charge is 0.494 e. The van der Waals surface area contributed by atoms with Crippen molar-refractivity contribution in [2.75, 3.05) is 13.2 Å². The Morgan fingerprint density at radius 1 is 1.30 bits per heavy atom. The molecule has 0 saturated heterocycles. The first-order valence-corrected chi connectivity index (χ1v) is 6.39. The number of rotatable bonds is 3. The molecule has 3 rings (SSSR count). The molecule has 2 amide bonds. The minimum Gasteiger partial charge on any atom is -0.494 e. The molecule has 0 fully saturated rings. The van der Waals surface area contributed by atoms with Gasteiger partial charge in [-0.05, 0) is 24.6 Å². The van der Waals surface area contributed by atoms with Crippen molar-refractivity contribution in [1.82, 2.24) is 10.6 Å². The molecule has 6 heteroatoms. The quantitative estimate of drug-likeness (QED) is 0.813. The lowest BCUT2D eigenvalue weighted by Gasteiger charge is -2.24. The van der Waals surface area contributed by atoms with Gasteiger partial charge in [-0.25, -0.2) is 9.59 Å². The van der Waals surface area contributed by atoms with Crippen LogP contribution in [0.2, 0.25) is 0 Å². The maximum atomic E-state index is 11.8. The highest BCUT2D eigenvalue weighted by Crippen LogP contribution is 2.31. The molecule has 20 heavy (non-hydrogen) atoms. The minimum atomic E-state index is -0.482. The summed E-state index contributed by atoms with van der Waals surface area (Å²) in [5.74, 6) is 0.353. The van der Waals surface area contributed by atoms with E-state index >= 15 is 0 Å². The summed E-state index contributed by atoms with van der Waals surface area (Å²) >= 11 is 0. The fourth-order valence-electron chi connectivity index (χ4n) is 2.36. The number of nitrogens with one attached hydrogen (secondary N) is 2. The Kier molecular flexibility index (Phi) is 3.06. The fraction of sp³-hybridized carbons (Fsp3) is 0.286. The monoisotopic (exact) mass is 274 g/mol. The van der Waals surface area contributed by atoms with E-state index in [1.807, 2.05) is 31.2 Å². The molecule has 0 bridgehead atoms. The van der Waals surface area contributed by atoms with Crippen molar-refractivity contribution >= 4 is 12.0 Å². The first-order valence-electron chi connectivity index (χ1n) is 6.39. The van der Waals surface area contributed by atoms with Crippen molar-refractivity contribution in [3.05, 3.63) is 41.1 Å². The zero-order chi connectivity index (χ0) is 14.1. The number of ether oxygens (including phenoxy) is 2. The lowest BCUT2D eigenvalue weighted by Crippen LogP contribution is -2.44. The highest BCUT2D eigenvalue weighted by molar-refractivity contribution is 5.97. The smallest absolute Gasteiger partial charge is 0.338 e. The summed E-state index contributed by atoms with van der Waals surface area (Å²) in [6, 6.07) is 6.47. The SMILES string of the molecule is CCOc1ccc(C2NC(=O)NC3=C2C(=O)OC3)cc1. The standard InChI is InChI=1S/C14H14N2O4/c1-2-19-9-5-3-8(4-6-9)12-11-10(7-20-13(11)17)15-14(18)16-12/h3-6,12H,2,7H2,1H3,(H2,15,16,18). The van der Waals surface area contributed by atoms with Gasteiger partial charge in [0.2, 0.25) is 0 Å². The van der Waals surface area contributed by atoms with E-state index in [2.05, 4.69) is 10.6 Å². The second-order valence-electron chi connectivity index (χ2n) is 4.50. The predicted octanol–water partition coefficient (Wildman–Crippen LogP) is 1.25. The van der Waals surface area contributed by atoms with Gasteiger partial charge in [0.05, 0.1) is 23.9 Å². The summed E-state index contributed by atoms with van der Waals surface area (Å²) in [6.07, 6.45) is 0. The first kappa shape index (κ1) is 12.5. The average Bonchev–Trinajstić information content (AvgIpc) is 2.81. The normalized spacial score (nSPS) is 20.9. The van der Waals surface area contributed by atoms with E-state index in [-0.39, 0.29) is 12.6 Å². The summed E-state index contributed by atoms with van der Waals surface area (Å²) in [4.78, 5) is 23.4. The molecule has 2 aliphatic heterocycles. The Morgan fingerprint density at radius 3 is 2.75 bits per heavy atom. The Morgan fingerprint density at radius 2 is 2.05 bits per heavy atom. The second-order valence-corrected chi connectivity index (χ2v) is 4.50. The van der Waals surface area contributed by atoms with Crippen LogP contribution in [0.5, 0.6) is 5.75 Å². The van der Waals surface area contributed by atoms with Crippen LogP contribution >= 0.6 is 0 Å². The summed E-state index contributed by atoms with van der Waals surface area (Å²) < 4.78 is 10.3. The Bertz CT molecular complexity index is 592. The van der Waals surface area contributed by atoms with Gasteiger partial charge < -0.3 is 20.1 Å². The fourth-order valence-corrected chi connectivity index (χ4v) is 2.36. The number of cyclic esters (lactones) is 1. The van der Waals surface area contributed by atoms with Crippen LogP contribution in [0.1, 0.15) is 18.5 Å². The van der Waals surface area contributed by atoms with E-state index in [0.717, 1.165) is 11.3 Å². The third-order valence-electron chi connectivity index (χ3n) is 3.25. The van der Waals surface area contributed by atoms with Gasteiger partial charge in [-0.3, -0.25) is 0 Å². The predicted molar refractivity (Wildman–Crippen MR) is 70.0 cm³/mol. The Labute approximate surface area is 115 Å². The van der Waals surface area contributed by atoms with E-state index in [1.54, 1.807) is 0 Å². The van der Waals surface area contributed by atoms with Crippen LogP contribution in [0.4, 0.5) is 4.79 Å². The molecule has 104 valence electrons. The molecule has 2 heterocycles. The van der Waals surface area contributed by atoms with Crippen LogP contribution in [-0.4, -0.2) is 25.2 Å². The number of urea groups is 1. The molecule has 0 spiro atoms. The molecule has 1 unspecified atom stereocenters. The number of carbonyl (C=O) groups excluding carboxylic acids is 2. The zero-order valence-corrected chi connectivity index (χ0v) is 10.9. The van der Waals surface area contributed by atoms with Gasteiger partial charge in [-0.2, -0.15) is 0 Å². The van der Waals surface area contributed by atoms with Crippen LogP contribution in [0.3, 0.4) is 0 Å². The lowest BCUT2D eigenvalue weighted by molar-refractivity contribution is -0.136. The van der Waals surface area contributed by atoms with Gasteiger partial charge in [0.15, 0.2) is 0 Å². The summed E-state index contributed by atoms with van der Waals surface area (Å²) in [7, 11) is 0. The molecular weight excluding hydrogens is 260 g/mol. The second kappa shape index (κ2) is 4.88. The molecule has 2 N–H and O–H groups in total. The van der Waals surface area contributed by atoms with Gasteiger partial charge in [-0.1, -0.05) is 12.1 Å². The highest BCUT2D eigenvalue weighted by atomic mass is 16.5. The molecule has 1 atom stereocenters. The van der Waals surface area contributed by atoms with E-state index in [4.69, 9.17) is 9.47 Å². The van der Waals surface area contributed by atoms with Crippen molar-refractivity contribution in [2.45, 2.75) is 13.0 Å². The molecular formula is C14H14N2O4. The van der Waals surface area contributed by atoms with E-state index < -0.39 is 12.0 Å². The average molecular weight is 274 g/mol. The van der Waals surface area contributed by atoms with Gasteiger partial charge in [0, 0.05) is 0 Å². The Hall–Kier alpha value is -2.50. The number of hydrogen-bond acceptors (Lipinski definition) is 4. The van der Waals surface area contributed by atoms with Crippen LogP contribution in [0.15, 0.2) is 35.5 Å². The van der Waals surface area contributed by atoms with Gasteiger partial charge in [0.1, 0.15) is 12.4 Å². The maximum Gasteiger partial charge on any atom is 0.338 e. The summed E-state index contributed by atoms with van der Waals surface area (Å²) in [5.41, 5.74) is 1.82. The van der Waals surface area contributed by atoms with Crippen LogP contribution in [0.25, 0.3) is 0 Å². The molecule has 6 nitrogen and oxygen atoms in total.